The van der Waals surface area contributed by atoms with Gasteiger partial charge in [-0.3, -0.25) is 4.99 Å². The van der Waals surface area contributed by atoms with Gasteiger partial charge >= 0.3 is 0 Å². The van der Waals surface area contributed by atoms with E-state index in [0.29, 0.717) is 10.0 Å². The van der Waals surface area contributed by atoms with Crippen LogP contribution in [-0.4, -0.2) is 16.3 Å². The van der Waals surface area contributed by atoms with Crippen molar-refractivity contribution < 1.29 is 5.11 Å². The maximum absolute atomic E-state index is 10.2. The third-order valence-corrected chi connectivity index (χ3v) is 5.44. The van der Waals surface area contributed by atoms with Crippen LogP contribution < -0.4 is 5.32 Å². The van der Waals surface area contributed by atoms with Crippen molar-refractivity contribution in [3.05, 3.63) is 62.5 Å². The maximum Gasteiger partial charge on any atom is 0.231 e. The lowest BCUT2D eigenvalue weighted by Crippen LogP contribution is -1.91. The van der Waals surface area contributed by atoms with Crippen molar-refractivity contribution in [1.82, 2.24) is 4.98 Å². The summed E-state index contributed by atoms with van der Waals surface area (Å²) in [5, 5.41) is 14.1. The van der Waals surface area contributed by atoms with Crippen LogP contribution >= 0.6 is 33.9 Å². The molecule has 2 aromatic carbocycles. The first-order chi connectivity index (χ1) is 11.7. The Balaban J connectivity index is 1.65. The topological polar surface area (TPSA) is 57.5 Å². The number of hydrogen-bond acceptors (Lipinski definition) is 5. The second kappa shape index (κ2) is 6.37. The van der Waals surface area contributed by atoms with Crippen molar-refractivity contribution in [2.45, 2.75) is 0 Å². The minimum absolute atomic E-state index is 0.0266. The zero-order chi connectivity index (χ0) is 16.5. The summed E-state index contributed by atoms with van der Waals surface area (Å²) in [5.41, 5.74) is 3.96. The summed E-state index contributed by atoms with van der Waals surface area (Å²) < 4.78 is 1.10. The Bertz CT molecular complexity index is 978. The first-order valence-corrected chi connectivity index (χ1v) is 9.17. The summed E-state index contributed by atoms with van der Waals surface area (Å²) >= 11 is 3.68. The molecule has 0 radical (unpaired) electrons. The van der Waals surface area contributed by atoms with Crippen molar-refractivity contribution >= 4 is 68.3 Å². The normalized spacial score (nSPS) is 14.1. The van der Waals surface area contributed by atoms with Crippen LogP contribution in [0.25, 0.3) is 11.6 Å². The lowest BCUT2D eigenvalue weighted by atomic mass is 10.1. The summed E-state index contributed by atoms with van der Waals surface area (Å²) in [6, 6.07) is 15.9. The molecule has 0 aliphatic carbocycles. The van der Waals surface area contributed by atoms with E-state index in [9.17, 15) is 5.11 Å². The van der Waals surface area contributed by atoms with Crippen molar-refractivity contribution in [3.8, 4) is 5.88 Å². The van der Waals surface area contributed by atoms with Crippen LogP contribution in [0.3, 0.4) is 0 Å². The molecule has 0 saturated heterocycles. The monoisotopic (exact) mass is 445 g/mol. The summed E-state index contributed by atoms with van der Waals surface area (Å²) in [6.07, 6.45) is 3.74. The largest absolute Gasteiger partial charge is 0.492 e. The molecule has 2 heterocycles. The summed E-state index contributed by atoms with van der Waals surface area (Å²) in [5.74, 6) is 0.0266. The predicted molar refractivity (Wildman–Crippen MR) is 109 cm³/mol. The standard InChI is InChI=1S/C18H12IN3OS/c19-13-6-2-4-8-15(13)21-18-22-17(23)16(24-18)9-11-10-20-14-7-3-1-5-12(11)14/h1-10,23H,(H,21,22). The van der Waals surface area contributed by atoms with Crippen molar-refractivity contribution in [3.63, 3.8) is 0 Å². The van der Waals surface area contributed by atoms with Crippen LogP contribution in [0.15, 0.2) is 53.5 Å². The molecule has 3 aromatic rings. The Labute approximate surface area is 156 Å². The van der Waals surface area contributed by atoms with Crippen LogP contribution in [-0.2, 0) is 0 Å². The number of para-hydroxylation sites is 2. The number of hydrogen-bond donors (Lipinski definition) is 2. The van der Waals surface area contributed by atoms with Crippen LogP contribution in [0.2, 0.25) is 0 Å². The molecule has 6 heteroatoms. The van der Waals surface area contributed by atoms with Crippen LogP contribution in [0.5, 0.6) is 5.88 Å². The molecule has 0 saturated carbocycles. The number of halogens is 1. The molecule has 1 aromatic heterocycles. The van der Waals surface area contributed by atoms with Crippen molar-refractivity contribution in [2.24, 2.45) is 4.99 Å². The quantitative estimate of drug-likeness (QED) is 0.527. The third kappa shape index (κ3) is 2.94. The van der Waals surface area contributed by atoms with E-state index in [1.165, 1.54) is 11.3 Å². The highest BCUT2D eigenvalue weighted by Crippen LogP contribution is 2.37. The smallest absolute Gasteiger partial charge is 0.231 e. The molecule has 0 fully saturated rings. The Morgan fingerprint density at radius 1 is 1.08 bits per heavy atom. The van der Waals surface area contributed by atoms with Gasteiger partial charge in [-0.2, -0.15) is 4.98 Å². The summed E-state index contributed by atoms with van der Waals surface area (Å²) in [4.78, 5) is 9.31. The van der Waals surface area contributed by atoms with Gasteiger partial charge in [0.25, 0.3) is 0 Å². The van der Waals surface area contributed by atoms with E-state index in [-0.39, 0.29) is 5.88 Å². The highest BCUT2D eigenvalue weighted by molar-refractivity contribution is 14.1. The fourth-order valence-corrected chi connectivity index (χ4v) is 3.79. The Hall–Kier alpha value is -2.19. The number of aromatic nitrogens is 1. The van der Waals surface area contributed by atoms with Gasteiger partial charge in [0.15, 0.2) is 5.13 Å². The van der Waals surface area contributed by atoms with Crippen LogP contribution in [0.4, 0.5) is 16.5 Å². The highest BCUT2D eigenvalue weighted by Gasteiger charge is 2.14. The molecule has 118 valence electrons. The van der Waals surface area contributed by atoms with Gasteiger partial charge in [0, 0.05) is 20.9 Å². The van der Waals surface area contributed by atoms with E-state index in [1.807, 2.05) is 60.8 Å². The third-order valence-electron chi connectivity index (χ3n) is 3.59. The lowest BCUT2D eigenvalue weighted by molar-refractivity contribution is 0.457. The molecule has 4 nitrogen and oxygen atoms in total. The minimum atomic E-state index is 0.0266. The second-order valence-electron chi connectivity index (χ2n) is 5.19. The van der Waals surface area contributed by atoms with E-state index in [2.05, 4.69) is 37.9 Å². The van der Waals surface area contributed by atoms with E-state index < -0.39 is 0 Å². The van der Waals surface area contributed by atoms with E-state index >= 15 is 0 Å². The van der Waals surface area contributed by atoms with Gasteiger partial charge in [-0.15, -0.1) is 0 Å². The molecule has 2 N–H and O–H groups in total. The number of benzene rings is 2. The number of nitrogens with one attached hydrogen (secondary N) is 1. The molecular weight excluding hydrogens is 433 g/mol. The van der Waals surface area contributed by atoms with E-state index in [1.54, 1.807) is 0 Å². The number of fused-ring (bicyclic) bond motifs is 1. The zero-order valence-electron chi connectivity index (χ0n) is 12.4. The second-order valence-corrected chi connectivity index (χ2v) is 7.38. The molecule has 4 rings (SSSR count). The number of anilines is 2. The zero-order valence-corrected chi connectivity index (χ0v) is 15.4. The number of nitrogens with zero attached hydrogens (tertiary/aromatic N) is 2. The number of allylic oxidation sites excluding steroid dienone is 1. The molecular formula is C18H12IN3OS. The molecule has 1 aliphatic heterocycles. The predicted octanol–water partition coefficient (Wildman–Crippen LogP) is 5.45. The average molecular weight is 445 g/mol. The molecule has 0 unspecified atom stereocenters. The highest BCUT2D eigenvalue weighted by atomic mass is 127. The molecule has 0 amide bonds. The summed E-state index contributed by atoms with van der Waals surface area (Å²) in [7, 11) is 0. The number of aliphatic imine (C=N–C) groups is 1. The molecule has 0 spiro atoms. The fraction of sp³-hybridized carbons (Fsp3) is 0. The van der Waals surface area contributed by atoms with E-state index in [0.717, 1.165) is 26.1 Å². The molecule has 1 aliphatic rings. The van der Waals surface area contributed by atoms with Gasteiger partial charge in [0.05, 0.1) is 16.3 Å². The van der Waals surface area contributed by atoms with Crippen LogP contribution in [0, 0.1) is 3.57 Å². The molecule has 24 heavy (non-hydrogen) atoms. The first kappa shape index (κ1) is 15.3. The first-order valence-electron chi connectivity index (χ1n) is 7.27. The number of thiazole rings is 1. The van der Waals surface area contributed by atoms with Crippen molar-refractivity contribution in [2.75, 3.05) is 5.32 Å². The van der Waals surface area contributed by atoms with Gasteiger partial charge in [0.2, 0.25) is 5.88 Å². The minimum Gasteiger partial charge on any atom is -0.492 e. The van der Waals surface area contributed by atoms with E-state index in [4.69, 9.17) is 0 Å². The van der Waals surface area contributed by atoms with Crippen LogP contribution in [0.1, 0.15) is 10.4 Å². The Morgan fingerprint density at radius 2 is 1.88 bits per heavy atom. The maximum atomic E-state index is 10.2. The Morgan fingerprint density at radius 3 is 2.75 bits per heavy atom. The van der Waals surface area contributed by atoms with Gasteiger partial charge in [-0.1, -0.05) is 41.7 Å². The summed E-state index contributed by atoms with van der Waals surface area (Å²) in [6.45, 7) is 0. The Kier molecular flexibility index (Phi) is 4.07. The lowest BCUT2D eigenvalue weighted by Gasteiger charge is -2.03. The molecule has 0 bridgehead atoms. The van der Waals surface area contributed by atoms with Gasteiger partial charge in [-0.25, -0.2) is 0 Å². The van der Waals surface area contributed by atoms with Gasteiger partial charge in [0.1, 0.15) is 0 Å². The number of aromatic hydroxyl groups is 1. The number of rotatable bonds is 3. The van der Waals surface area contributed by atoms with Gasteiger partial charge in [-0.05, 0) is 46.9 Å². The fourth-order valence-electron chi connectivity index (χ4n) is 2.44. The van der Waals surface area contributed by atoms with Crippen molar-refractivity contribution in [1.29, 1.82) is 0 Å². The molecule has 0 atom stereocenters. The SMILES string of the molecule is Oc1nc(Nc2ccccc2I)sc1C=C1C=Nc2ccccc21. The van der Waals surface area contributed by atoms with Gasteiger partial charge < -0.3 is 10.4 Å². The average Bonchev–Trinajstić information content (AvgIpc) is 3.14.